The summed E-state index contributed by atoms with van der Waals surface area (Å²) < 4.78 is 2.21. The van der Waals surface area contributed by atoms with Crippen molar-refractivity contribution in [1.82, 2.24) is 0 Å². The molecule has 0 spiro atoms. The Morgan fingerprint density at radius 2 is 1.60 bits per heavy atom. The van der Waals surface area contributed by atoms with Crippen LogP contribution in [0.1, 0.15) is 11.3 Å². The highest BCUT2D eigenvalue weighted by Gasteiger charge is 2.17. The van der Waals surface area contributed by atoms with Crippen LogP contribution < -0.4 is 4.57 Å². The van der Waals surface area contributed by atoms with Gasteiger partial charge in [-0.1, -0.05) is 60.6 Å². The maximum atomic E-state index is 6.16. The first-order chi connectivity index (χ1) is 9.75. The molecule has 0 saturated carbocycles. The molecule has 0 radical (unpaired) electrons. The third kappa shape index (κ3) is 2.45. The average molecular weight is 281 g/mol. The molecular formula is C18H15ClN+. The second-order valence-corrected chi connectivity index (χ2v) is 5.21. The third-order valence-electron chi connectivity index (χ3n) is 3.40. The second kappa shape index (κ2) is 5.48. The van der Waals surface area contributed by atoms with E-state index in [2.05, 4.69) is 53.6 Å². The number of pyridine rings is 1. The molecule has 0 amide bonds. The Morgan fingerprint density at radius 3 is 2.35 bits per heavy atom. The van der Waals surface area contributed by atoms with Crippen LogP contribution >= 0.6 is 11.6 Å². The predicted octanol–water partition coefficient (Wildman–Crippen LogP) is 4.39. The van der Waals surface area contributed by atoms with Gasteiger partial charge in [0.15, 0.2) is 6.54 Å². The molecule has 3 rings (SSSR count). The number of rotatable bonds is 3. The molecule has 2 aromatic carbocycles. The molecule has 1 aromatic heterocycles. The van der Waals surface area contributed by atoms with Gasteiger partial charge in [0.2, 0.25) is 11.2 Å². The van der Waals surface area contributed by atoms with Crippen LogP contribution in [-0.4, -0.2) is 0 Å². The summed E-state index contributed by atoms with van der Waals surface area (Å²) in [5.41, 5.74) is 3.36. The van der Waals surface area contributed by atoms with Crippen LogP contribution in [0.25, 0.3) is 15.9 Å². The van der Waals surface area contributed by atoms with Crippen LogP contribution in [0, 0.1) is 0 Å². The lowest BCUT2D eigenvalue weighted by molar-refractivity contribution is -0.664. The Bertz CT molecular complexity index is 763. The Balaban J connectivity index is 2.20. The van der Waals surface area contributed by atoms with Crippen LogP contribution in [0.3, 0.4) is 0 Å². The minimum Gasteiger partial charge on any atom is -0.186 e. The van der Waals surface area contributed by atoms with Crippen molar-refractivity contribution in [3.63, 3.8) is 0 Å². The van der Waals surface area contributed by atoms with E-state index >= 15 is 0 Å². The smallest absolute Gasteiger partial charge is 0.186 e. The number of halogens is 1. The van der Waals surface area contributed by atoms with E-state index in [9.17, 15) is 0 Å². The van der Waals surface area contributed by atoms with Crippen molar-refractivity contribution < 1.29 is 4.57 Å². The molecule has 0 aliphatic heterocycles. The summed E-state index contributed by atoms with van der Waals surface area (Å²) in [4.78, 5) is 0. The lowest BCUT2D eigenvalue weighted by Crippen LogP contribution is -2.39. The van der Waals surface area contributed by atoms with E-state index in [-0.39, 0.29) is 0 Å². The number of hydrogen-bond donors (Lipinski definition) is 0. The van der Waals surface area contributed by atoms with E-state index in [4.69, 9.17) is 11.6 Å². The summed E-state index contributed by atoms with van der Waals surface area (Å²) in [5, 5.41) is 1.76. The molecule has 0 N–H and O–H groups in total. The van der Waals surface area contributed by atoms with Crippen molar-refractivity contribution in [1.29, 1.82) is 0 Å². The van der Waals surface area contributed by atoms with Crippen LogP contribution in [0.5, 0.6) is 0 Å². The molecule has 0 aliphatic carbocycles. The third-order valence-corrected chi connectivity index (χ3v) is 3.59. The SMILES string of the molecule is C=C(Cl)c1ccc2ccccc2[n+]1Cc1ccccc1. The van der Waals surface area contributed by atoms with Crippen LogP contribution in [0.4, 0.5) is 0 Å². The molecule has 3 aromatic rings. The Morgan fingerprint density at radius 1 is 0.900 bits per heavy atom. The average Bonchev–Trinajstić information content (AvgIpc) is 2.48. The highest BCUT2D eigenvalue weighted by Crippen LogP contribution is 2.18. The van der Waals surface area contributed by atoms with Gasteiger partial charge in [0.05, 0.1) is 0 Å². The van der Waals surface area contributed by atoms with E-state index in [1.54, 1.807) is 0 Å². The zero-order valence-electron chi connectivity index (χ0n) is 11.1. The lowest BCUT2D eigenvalue weighted by Gasteiger charge is -2.06. The van der Waals surface area contributed by atoms with E-state index in [0.29, 0.717) is 5.03 Å². The maximum absolute atomic E-state index is 6.16. The van der Waals surface area contributed by atoms with Crippen molar-refractivity contribution >= 4 is 27.5 Å². The zero-order chi connectivity index (χ0) is 13.9. The molecule has 0 bridgehead atoms. The van der Waals surface area contributed by atoms with Gasteiger partial charge in [-0.3, -0.25) is 0 Å². The van der Waals surface area contributed by atoms with Gasteiger partial charge in [0, 0.05) is 23.1 Å². The lowest BCUT2D eigenvalue weighted by atomic mass is 10.1. The summed E-state index contributed by atoms with van der Waals surface area (Å²) in [6.07, 6.45) is 0. The van der Waals surface area contributed by atoms with Gasteiger partial charge < -0.3 is 0 Å². The zero-order valence-corrected chi connectivity index (χ0v) is 11.8. The molecular weight excluding hydrogens is 266 g/mol. The quantitative estimate of drug-likeness (QED) is 0.627. The fourth-order valence-electron chi connectivity index (χ4n) is 2.44. The molecule has 1 heterocycles. The van der Waals surface area contributed by atoms with Crippen molar-refractivity contribution in [2.24, 2.45) is 0 Å². The molecule has 0 aliphatic rings. The standard InChI is InChI=1S/C18H15ClN/c1-14(19)17-12-11-16-9-5-6-10-18(16)20(17)13-15-7-3-2-4-8-15/h2-12H,1,13H2/q+1. The molecule has 98 valence electrons. The predicted molar refractivity (Wildman–Crippen MR) is 84.6 cm³/mol. The highest BCUT2D eigenvalue weighted by atomic mass is 35.5. The monoisotopic (exact) mass is 280 g/mol. The fraction of sp³-hybridized carbons (Fsp3) is 0.0556. The molecule has 0 atom stereocenters. The summed E-state index contributed by atoms with van der Waals surface area (Å²) >= 11 is 6.16. The van der Waals surface area contributed by atoms with Gasteiger partial charge in [-0.15, -0.1) is 0 Å². The summed E-state index contributed by atoms with van der Waals surface area (Å²) in [5.74, 6) is 0. The van der Waals surface area contributed by atoms with Gasteiger partial charge in [0.1, 0.15) is 5.03 Å². The number of nitrogens with zero attached hydrogens (tertiary/aromatic N) is 1. The molecule has 0 saturated heterocycles. The van der Waals surface area contributed by atoms with Crippen LogP contribution in [-0.2, 0) is 6.54 Å². The first kappa shape index (κ1) is 12.9. The Hall–Kier alpha value is -2.12. The van der Waals surface area contributed by atoms with Crippen molar-refractivity contribution in [3.8, 4) is 0 Å². The minimum atomic E-state index is 0.562. The number of para-hydroxylation sites is 1. The van der Waals surface area contributed by atoms with Crippen LogP contribution in [0.15, 0.2) is 73.3 Å². The topological polar surface area (TPSA) is 3.88 Å². The van der Waals surface area contributed by atoms with Gasteiger partial charge >= 0.3 is 0 Å². The Labute approximate surface area is 123 Å². The number of benzene rings is 2. The molecule has 20 heavy (non-hydrogen) atoms. The highest BCUT2D eigenvalue weighted by molar-refractivity contribution is 6.47. The van der Waals surface area contributed by atoms with Crippen LogP contribution in [0.2, 0.25) is 0 Å². The first-order valence-electron chi connectivity index (χ1n) is 6.56. The van der Waals surface area contributed by atoms with Gasteiger partial charge in [0.25, 0.3) is 0 Å². The summed E-state index contributed by atoms with van der Waals surface area (Å²) in [7, 11) is 0. The Kier molecular flexibility index (Phi) is 3.53. The molecule has 0 fully saturated rings. The van der Waals surface area contributed by atoms with Crippen molar-refractivity contribution in [2.45, 2.75) is 6.54 Å². The van der Waals surface area contributed by atoms with Crippen molar-refractivity contribution in [3.05, 3.63) is 84.6 Å². The normalized spacial score (nSPS) is 10.7. The summed E-state index contributed by atoms with van der Waals surface area (Å²) in [6.45, 7) is 4.66. The fourth-order valence-corrected chi connectivity index (χ4v) is 2.60. The first-order valence-corrected chi connectivity index (χ1v) is 6.94. The molecule has 1 nitrogen and oxygen atoms in total. The largest absolute Gasteiger partial charge is 0.224 e. The van der Waals surface area contributed by atoms with Gasteiger partial charge in [-0.25, -0.2) is 0 Å². The minimum absolute atomic E-state index is 0.562. The molecule has 0 unspecified atom stereocenters. The summed E-state index contributed by atoms with van der Waals surface area (Å²) in [6, 6.07) is 22.8. The van der Waals surface area contributed by atoms with Gasteiger partial charge in [-0.2, -0.15) is 4.57 Å². The van der Waals surface area contributed by atoms with E-state index in [1.165, 1.54) is 10.9 Å². The number of aromatic nitrogens is 1. The van der Waals surface area contributed by atoms with E-state index < -0.39 is 0 Å². The molecule has 2 heteroatoms. The number of fused-ring (bicyclic) bond motifs is 1. The van der Waals surface area contributed by atoms with E-state index in [1.807, 2.05) is 24.3 Å². The van der Waals surface area contributed by atoms with Crippen molar-refractivity contribution in [2.75, 3.05) is 0 Å². The van der Waals surface area contributed by atoms with E-state index in [0.717, 1.165) is 17.8 Å². The van der Waals surface area contributed by atoms with Gasteiger partial charge in [-0.05, 0) is 12.1 Å². The second-order valence-electron chi connectivity index (χ2n) is 4.75. The maximum Gasteiger partial charge on any atom is 0.224 e. The number of hydrogen-bond acceptors (Lipinski definition) is 0.